The van der Waals surface area contributed by atoms with Gasteiger partial charge in [-0.2, -0.15) is 5.10 Å². The zero-order valence-corrected chi connectivity index (χ0v) is 11.2. The van der Waals surface area contributed by atoms with Gasteiger partial charge in [-0.05, 0) is 37.5 Å². The molecule has 1 aromatic rings. The number of carbonyl (C=O) groups is 1. The van der Waals surface area contributed by atoms with Gasteiger partial charge in [0.25, 0.3) is 0 Å². The smallest absolute Gasteiger partial charge is 0.359 e. The fourth-order valence-electron chi connectivity index (χ4n) is 3.48. The number of nitrogens with zero attached hydrogens (tertiary/aromatic N) is 1. The number of fused-ring (bicyclic) bond motifs is 3. The number of esters is 1. The lowest BCUT2D eigenvalue weighted by atomic mass is 9.99. The SMILES string of the molecule is CCOC(=O)c1n[nH]c2c1C[C@H]1[C@H](CC(C)C)[C@@H]21. The maximum atomic E-state index is 11.7. The molecule has 1 N–H and O–H groups in total. The van der Waals surface area contributed by atoms with Gasteiger partial charge in [0.2, 0.25) is 0 Å². The minimum atomic E-state index is -0.281. The normalized spacial score (nSPS) is 28.1. The molecule has 3 atom stereocenters. The molecule has 0 spiro atoms. The van der Waals surface area contributed by atoms with Gasteiger partial charge in [-0.15, -0.1) is 0 Å². The average molecular weight is 248 g/mol. The molecule has 4 heteroatoms. The Morgan fingerprint density at radius 3 is 3.00 bits per heavy atom. The molecule has 1 heterocycles. The van der Waals surface area contributed by atoms with Gasteiger partial charge in [-0.1, -0.05) is 13.8 Å². The zero-order chi connectivity index (χ0) is 12.9. The van der Waals surface area contributed by atoms with E-state index in [0.29, 0.717) is 18.2 Å². The van der Waals surface area contributed by atoms with Gasteiger partial charge in [-0.3, -0.25) is 5.10 Å². The van der Waals surface area contributed by atoms with Crippen molar-refractivity contribution in [2.24, 2.45) is 17.8 Å². The van der Waals surface area contributed by atoms with Crippen LogP contribution in [0, 0.1) is 17.8 Å². The Morgan fingerprint density at radius 2 is 2.33 bits per heavy atom. The maximum absolute atomic E-state index is 11.7. The van der Waals surface area contributed by atoms with E-state index in [-0.39, 0.29) is 5.97 Å². The molecule has 98 valence electrons. The summed E-state index contributed by atoms with van der Waals surface area (Å²) in [4.78, 5) is 11.7. The van der Waals surface area contributed by atoms with E-state index >= 15 is 0 Å². The Balaban J connectivity index is 1.76. The predicted octanol–water partition coefficient (Wildman–Crippen LogP) is 2.52. The third-order valence-corrected chi connectivity index (χ3v) is 4.22. The van der Waals surface area contributed by atoms with Gasteiger partial charge in [0.1, 0.15) is 0 Å². The van der Waals surface area contributed by atoms with Gasteiger partial charge in [0, 0.05) is 17.2 Å². The number of hydrogen-bond donors (Lipinski definition) is 1. The Kier molecular flexibility index (Phi) is 2.68. The van der Waals surface area contributed by atoms with E-state index in [1.54, 1.807) is 0 Å². The second-order valence-electron chi connectivity index (χ2n) is 5.87. The van der Waals surface area contributed by atoms with Crippen molar-refractivity contribution in [3.8, 4) is 0 Å². The van der Waals surface area contributed by atoms with Crippen LogP contribution in [0.2, 0.25) is 0 Å². The number of ether oxygens (including phenoxy) is 1. The number of aromatic amines is 1. The van der Waals surface area contributed by atoms with Crippen molar-refractivity contribution >= 4 is 5.97 Å². The molecule has 0 bridgehead atoms. The topological polar surface area (TPSA) is 55.0 Å². The van der Waals surface area contributed by atoms with E-state index in [1.165, 1.54) is 12.1 Å². The molecule has 18 heavy (non-hydrogen) atoms. The van der Waals surface area contributed by atoms with Gasteiger partial charge >= 0.3 is 5.97 Å². The monoisotopic (exact) mass is 248 g/mol. The molecular weight excluding hydrogens is 228 g/mol. The average Bonchev–Trinajstić information content (AvgIpc) is 2.70. The molecule has 4 nitrogen and oxygen atoms in total. The highest BCUT2D eigenvalue weighted by atomic mass is 16.5. The van der Waals surface area contributed by atoms with E-state index in [2.05, 4.69) is 24.0 Å². The molecule has 0 unspecified atom stereocenters. The minimum Gasteiger partial charge on any atom is -0.461 e. The molecule has 0 aliphatic heterocycles. The summed E-state index contributed by atoms with van der Waals surface area (Å²) < 4.78 is 5.03. The van der Waals surface area contributed by atoms with Crippen LogP contribution in [-0.4, -0.2) is 22.8 Å². The lowest BCUT2D eigenvalue weighted by Crippen LogP contribution is -2.08. The van der Waals surface area contributed by atoms with Crippen LogP contribution in [-0.2, 0) is 11.2 Å². The van der Waals surface area contributed by atoms with E-state index in [1.807, 2.05) is 6.92 Å². The van der Waals surface area contributed by atoms with Crippen LogP contribution in [0.5, 0.6) is 0 Å². The van der Waals surface area contributed by atoms with Crippen molar-refractivity contribution in [2.45, 2.75) is 39.5 Å². The standard InChI is InChI=1S/C14H20N2O2/c1-4-18-14(17)13-10-6-9-8(5-7(2)3)11(9)12(10)15-16-13/h7-9,11H,4-6H2,1-3H3,(H,15,16)/t8-,9-,11+/m0/s1. The first-order valence-electron chi connectivity index (χ1n) is 6.87. The van der Waals surface area contributed by atoms with Gasteiger partial charge in [-0.25, -0.2) is 4.79 Å². The molecule has 2 aliphatic rings. The highest BCUT2D eigenvalue weighted by Gasteiger charge is 2.57. The number of aromatic nitrogens is 2. The summed E-state index contributed by atoms with van der Waals surface area (Å²) in [6, 6.07) is 0. The Hall–Kier alpha value is -1.32. The molecule has 0 aromatic carbocycles. The van der Waals surface area contributed by atoms with E-state index in [9.17, 15) is 4.79 Å². The van der Waals surface area contributed by atoms with Crippen LogP contribution in [0.3, 0.4) is 0 Å². The van der Waals surface area contributed by atoms with E-state index in [0.717, 1.165) is 29.7 Å². The summed E-state index contributed by atoms with van der Waals surface area (Å²) in [6.45, 7) is 6.77. The summed E-state index contributed by atoms with van der Waals surface area (Å²) in [5.41, 5.74) is 2.83. The molecule has 0 radical (unpaired) electrons. The second-order valence-corrected chi connectivity index (χ2v) is 5.87. The van der Waals surface area contributed by atoms with E-state index in [4.69, 9.17) is 4.74 Å². The fourth-order valence-corrected chi connectivity index (χ4v) is 3.48. The molecule has 1 aromatic heterocycles. The fraction of sp³-hybridized carbons (Fsp3) is 0.714. The highest BCUT2D eigenvalue weighted by Crippen LogP contribution is 2.63. The highest BCUT2D eigenvalue weighted by molar-refractivity contribution is 5.89. The van der Waals surface area contributed by atoms with Crippen molar-refractivity contribution in [3.63, 3.8) is 0 Å². The predicted molar refractivity (Wildman–Crippen MR) is 67.4 cm³/mol. The first-order chi connectivity index (χ1) is 8.63. The molecule has 2 aliphatic carbocycles. The van der Waals surface area contributed by atoms with Gasteiger partial charge < -0.3 is 4.74 Å². The summed E-state index contributed by atoms with van der Waals surface area (Å²) in [7, 11) is 0. The minimum absolute atomic E-state index is 0.281. The largest absolute Gasteiger partial charge is 0.461 e. The Labute approximate surface area is 107 Å². The summed E-state index contributed by atoms with van der Waals surface area (Å²) >= 11 is 0. The second kappa shape index (κ2) is 4.11. The molecule has 0 amide bonds. The lowest BCUT2D eigenvalue weighted by Gasteiger charge is -2.07. The van der Waals surface area contributed by atoms with Crippen LogP contribution >= 0.6 is 0 Å². The Bertz CT molecular complexity index is 478. The third kappa shape index (κ3) is 1.66. The van der Waals surface area contributed by atoms with Crippen LogP contribution in [0.15, 0.2) is 0 Å². The van der Waals surface area contributed by atoms with Crippen molar-refractivity contribution in [1.82, 2.24) is 10.2 Å². The molecule has 0 saturated heterocycles. The lowest BCUT2D eigenvalue weighted by molar-refractivity contribution is 0.0518. The van der Waals surface area contributed by atoms with Crippen LogP contribution in [0.4, 0.5) is 0 Å². The molecule has 3 rings (SSSR count). The first-order valence-corrected chi connectivity index (χ1v) is 6.87. The van der Waals surface area contributed by atoms with Crippen LogP contribution in [0.1, 0.15) is 54.9 Å². The molecule has 1 fully saturated rings. The van der Waals surface area contributed by atoms with Crippen LogP contribution < -0.4 is 0 Å². The number of nitrogens with one attached hydrogen (secondary N) is 1. The quantitative estimate of drug-likeness (QED) is 0.833. The summed E-state index contributed by atoms with van der Waals surface area (Å²) in [5.74, 6) is 2.63. The maximum Gasteiger partial charge on any atom is 0.359 e. The van der Waals surface area contributed by atoms with Crippen molar-refractivity contribution in [3.05, 3.63) is 17.0 Å². The Morgan fingerprint density at radius 1 is 1.56 bits per heavy atom. The number of H-pyrrole nitrogens is 1. The number of carbonyl (C=O) groups excluding carboxylic acids is 1. The third-order valence-electron chi connectivity index (χ3n) is 4.22. The zero-order valence-electron chi connectivity index (χ0n) is 11.2. The van der Waals surface area contributed by atoms with Crippen molar-refractivity contribution in [1.29, 1.82) is 0 Å². The number of hydrogen-bond acceptors (Lipinski definition) is 3. The summed E-state index contributed by atoms with van der Waals surface area (Å²) in [6.07, 6.45) is 2.28. The first kappa shape index (κ1) is 11.8. The molecule has 1 saturated carbocycles. The molecular formula is C14H20N2O2. The van der Waals surface area contributed by atoms with E-state index < -0.39 is 0 Å². The summed E-state index contributed by atoms with van der Waals surface area (Å²) in [5, 5.41) is 7.22. The van der Waals surface area contributed by atoms with Crippen molar-refractivity contribution < 1.29 is 9.53 Å². The van der Waals surface area contributed by atoms with Crippen LogP contribution in [0.25, 0.3) is 0 Å². The van der Waals surface area contributed by atoms with Gasteiger partial charge in [0.05, 0.1) is 6.61 Å². The number of rotatable bonds is 4. The van der Waals surface area contributed by atoms with Crippen molar-refractivity contribution in [2.75, 3.05) is 6.61 Å². The van der Waals surface area contributed by atoms with Gasteiger partial charge in [0.15, 0.2) is 5.69 Å².